The van der Waals surface area contributed by atoms with Crippen molar-refractivity contribution in [3.8, 4) is 0 Å². The van der Waals surface area contributed by atoms with Gasteiger partial charge in [-0.05, 0) is 48.9 Å². The van der Waals surface area contributed by atoms with Crippen molar-refractivity contribution >= 4 is 0 Å². The van der Waals surface area contributed by atoms with Crippen LogP contribution in [0.4, 0.5) is 4.39 Å². The lowest BCUT2D eigenvalue weighted by Crippen LogP contribution is -2.19. The highest BCUT2D eigenvalue weighted by Gasteiger charge is 2.25. The SMILES string of the molecule is NCC(c1cccc(F)c1)C1CCCC1. The minimum atomic E-state index is -0.149. The third-order valence-corrected chi connectivity index (χ3v) is 3.50. The van der Waals surface area contributed by atoms with Gasteiger partial charge in [0.2, 0.25) is 0 Å². The molecule has 0 aromatic heterocycles. The lowest BCUT2D eigenvalue weighted by molar-refractivity contribution is 0.438. The molecule has 82 valence electrons. The Morgan fingerprint density at radius 1 is 1.33 bits per heavy atom. The topological polar surface area (TPSA) is 26.0 Å². The minimum absolute atomic E-state index is 0.149. The summed E-state index contributed by atoms with van der Waals surface area (Å²) in [5.74, 6) is 0.865. The maximum absolute atomic E-state index is 13.1. The molecular formula is C13H18FN. The van der Waals surface area contributed by atoms with Gasteiger partial charge in [0.25, 0.3) is 0 Å². The third-order valence-electron chi connectivity index (χ3n) is 3.50. The van der Waals surface area contributed by atoms with Gasteiger partial charge in [-0.1, -0.05) is 25.0 Å². The van der Waals surface area contributed by atoms with E-state index in [1.807, 2.05) is 6.07 Å². The molecule has 1 saturated carbocycles. The van der Waals surface area contributed by atoms with Gasteiger partial charge >= 0.3 is 0 Å². The van der Waals surface area contributed by atoms with Gasteiger partial charge in [-0.25, -0.2) is 4.39 Å². The Kier molecular flexibility index (Phi) is 3.37. The molecule has 0 heterocycles. The predicted molar refractivity (Wildman–Crippen MR) is 60.2 cm³/mol. The molecule has 1 aliphatic carbocycles. The monoisotopic (exact) mass is 207 g/mol. The van der Waals surface area contributed by atoms with Crippen LogP contribution in [0.2, 0.25) is 0 Å². The fraction of sp³-hybridized carbons (Fsp3) is 0.538. The third kappa shape index (κ3) is 2.37. The molecule has 1 aromatic carbocycles. The summed E-state index contributed by atoms with van der Waals surface area (Å²) in [5, 5.41) is 0. The molecule has 1 atom stereocenters. The van der Waals surface area contributed by atoms with E-state index in [9.17, 15) is 4.39 Å². The first-order valence-electron chi connectivity index (χ1n) is 5.77. The van der Waals surface area contributed by atoms with Gasteiger partial charge in [-0.2, -0.15) is 0 Å². The van der Waals surface area contributed by atoms with Crippen molar-refractivity contribution in [1.29, 1.82) is 0 Å². The average molecular weight is 207 g/mol. The van der Waals surface area contributed by atoms with E-state index in [1.54, 1.807) is 12.1 Å². The van der Waals surface area contributed by atoms with E-state index >= 15 is 0 Å². The zero-order valence-electron chi connectivity index (χ0n) is 8.95. The molecule has 0 bridgehead atoms. The molecule has 2 heteroatoms. The molecular weight excluding hydrogens is 189 g/mol. The largest absolute Gasteiger partial charge is 0.330 e. The Labute approximate surface area is 90.5 Å². The van der Waals surface area contributed by atoms with Crippen LogP contribution in [-0.2, 0) is 0 Å². The molecule has 1 aromatic rings. The lowest BCUT2D eigenvalue weighted by Gasteiger charge is -2.22. The fourth-order valence-corrected chi connectivity index (χ4v) is 2.70. The van der Waals surface area contributed by atoms with Crippen LogP contribution in [0.3, 0.4) is 0 Å². The van der Waals surface area contributed by atoms with E-state index in [1.165, 1.54) is 31.7 Å². The van der Waals surface area contributed by atoms with Crippen molar-refractivity contribution in [3.63, 3.8) is 0 Å². The van der Waals surface area contributed by atoms with E-state index in [2.05, 4.69) is 0 Å². The molecule has 15 heavy (non-hydrogen) atoms. The molecule has 1 aliphatic rings. The van der Waals surface area contributed by atoms with Gasteiger partial charge in [-0.15, -0.1) is 0 Å². The number of nitrogens with two attached hydrogens (primary N) is 1. The highest BCUT2D eigenvalue weighted by Crippen LogP contribution is 2.36. The Balaban J connectivity index is 2.18. The molecule has 0 radical (unpaired) electrons. The second-order valence-corrected chi connectivity index (χ2v) is 4.44. The summed E-state index contributed by atoms with van der Waals surface area (Å²) in [6.07, 6.45) is 5.10. The van der Waals surface area contributed by atoms with Crippen molar-refractivity contribution in [3.05, 3.63) is 35.6 Å². The summed E-state index contributed by atoms with van der Waals surface area (Å²) >= 11 is 0. The van der Waals surface area contributed by atoms with Crippen molar-refractivity contribution in [1.82, 2.24) is 0 Å². The number of rotatable bonds is 3. The van der Waals surface area contributed by atoms with Gasteiger partial charge in [-0.3, -0.25) is 0 Å². The summed E-state index contributed by atoms with van der Waals surface area (Å²) in [4.78, 5) is 0. The zero-order valence-corrected chi connectivity index (χ0v) is 8.95. The summed E-state index contributed by atoms with van der Waals surface area (Å²) in [6, 6.07) is 6.91. The van der Waals surface area contributed by atoms with Crippen molar-refractivity contribution in [2.75, 3.05) is 6.54 Å². The maximum Gasteiger partial charge on any atom is 0.123 e. The average Bonchev–Trinajstić information content (AvgIpc) is 2.72. The van der Waals surface area contributed by atoms with E-state index < -0.39 is 0 Å². The molecule has 1 unspecified atom stereocenters. The van der Waals surface area contributed by atoms with E-state index in [0.29, 0.717) is 18.4 Å². The van der Waals surface area contributed by atoms with Gasteiger partial charge < -0.3 is 5.73 Å². The van der Waals surface area contributed by atoms with E-state index in [4.69, 9.17) is 5.73 Å². The smallest absolute Gasteiger partial charge is 0.123 e. The number of halogens is 1. The first-order valence-corrected chi connectivity index (χ1v) is 5.77. The highest BCUT2D eigenvalue weighted by molar-refractivity contribution is 5.22. The van der Waals surface area contributed by atoms with Gasteiger partial charge in [0.15, 0.2) is 0 Å². The van der Waals surface area contributed by atoms with Crippen molar-refractivity contribution in [2.24, 2.45) is 11.7 Å². The maximum atomic E-state index is 13.1. The second-order valence-electron chi connectivity index (χ2n) is 4.44. The molecule has 1 nitrogen and oxygen atoms in total. The summed E-state index contributed by atoms with van der Waals surface area (Å²) < 4.78 is 13.1. The quantitative estimate of drug-likeness (QED) is 0.810. The van der Waals surface area contributed by atoms with Gasteiger partial charge in [0.1, 0.15) is 5.82 Å². The number of benzene rings is 1. The van der Waals surface area contributed by atoms with Gasteiger partial charge in [0.05, 0.1) is 0 Å². The van der Waals surface area contributed by atoms with E-state index in [-0.39, 0.29) is 5.82 Å². The van der Waals surface area contributed by atoms with E-state index in [0.717, 1.165) is 5.56 Å². The highest BCUT2D eigenvalue weighted by atomic mass is 19.1. The Bertz CT molecular complexity index is 318. The van der Waals surface area contributed by atoms with Crippen molar-refractivity contribution < 1.29 is 4.39 Å². The normalized spacial score (nSPS) is 19.3. The van der Waals surface area contributed by atoms with Crippen LogP contribution < -0.4 is 5.73 Å². The lowest BCUT2D eigenvalue weighted by atomic mass is 9.85. The summed E-state index contributed by atoms with van der Waals surface area (Å²) in [6.45, 7) is 0.633. The van der Waals surface area contributed by atoms with Crippen molar-refractivity contribution in [2.45, 2.75) is 31.6 Å². The predicted octanol–water partition coefficient (Wildman–Crippen LogP) is 3.06. The standard InChI is InChI=1S/C13H18FN/c14-12-7-3-6-11(8-12)13(9-15)10-4-1-2-5-10/h3,6-8,10,13H,1-2,4-5,9,15H2. The van der Waals surface area contributed by atoms with Gasteiger partial charge in [0, 0.05) is 0 Å². The first kappa shape index (κ1) is 10.6. The first-order chi connectivity index (χ1) is 7.31. The fourth-order valence-electron chi connectivity index (χ4n) is 2.70. The van der Waals surface area contributed by atoms with Crippen LogP contribution in [0.15, 0.2) is 24.3 Å². The summed E-state index contributed by atoms with van der Waals surface area (Å²) in [5.41, 5.74) is 6.89. The Morgan fingerprint density at radius 3 is 2.67 bits per heavy atom. The molecule has 0 spiro atoms. The molecule has 0 saturated heterocycles. The Hall–Kier alpha value is -0.890. The minimum Gasteiger partial charge on any atom is -0.330 e. The van der Waals surface area contributed by atoms with Crippen LogP contribution in [0.25, 0.3) is 0 Å². The van der Waals surface area contributed by atoms with Crippen LogP contribution in [0.5, 0.6) is 0 Å². The van der Waals surface area contributed by atoms with Crippen LogP contribution in [-0.4, -0.2) is 6.54 Å². The van der Waals surface area contributed by atoms with Crippen LogP contribution in [0, 0.1) is 11.7 Å². The molecule has 0 aliphatic heterocycles. The zero-order chi connectivity index (χ0) is 10.7. The number of hydrogen-bond donors (Lipinski definition) is 1. The second kappa shape index (κ2) is 4.75. The molecule has 2 N–H and O–H groups in total. The molecule has 0 amide bonds. The van der Waals surface area contributed by atoms with Crippen LogP contribution >= 0.6 is 0 Å². The molecule has 1 fully saturated rings. The van der Waals surface area contributed by atoms with Crippen LogP contribution in [0.1, 0.15) is 37.2 Å². The number of hydrogen-bond acceptors (Lipinski definition) is 1. The molecule has 2 rings (SSSR count). The summed E-state index contributed by atoms with van der Waals surface area (Å²) in [7, 11) is 0. The Morgan fingerprint density at radius 2 is 2.07 bits per heavy atom.